The second-order valence-corrected chi connectivity index (χ2v) is 2.96. The fourth-order valence-electron chi connectivity index (χ4n) is 1.28. The SMILES string of the molecule is CCOC(=O)N1CC=C(CN)CC1. The third kappa shape index (κ3) is 2.73. The fourth-order valence-corrected chi connectivity index (χ4v) is 1.28. The highest BCUT2D eigenvalue weighted by Crippen LogP contribution is 2.09. The van der Waals surface area contributed by atoms with E-state index in [1.54, 1.807) is 4.90 Å². The minimum absolute atomic E-state index is 0.227. The molecular weight excluding hydrogens is 168 g/mol. The van der Waals surface area contributed by atoms with Crippen LogP contribution in [0.25, 0.3) is 0 Å². The summed E-state index contributed by atoms with van der Waals surface area (Å²) < 4.78 is 4.88. The number of rotatable bonds is 2. The highest BCUT2D eigenvalue weighted by molar-refractivity contribution is 5.68. The standard InChI is InChI=1S/C9H16N2O2/c1-2-13-9(12)11-5-3-8(7-10)4-6-11/h3H,2,4-7,10H2,1H3. The van der Waals surface area contributed by atoms with Gasteiger partial charge >= 0.3 is 6.09 Å². The second-order valence-electron chi connectivity index (χ2n) is 2.96. The predicted molar refractivity (Wildman–Crippen MR) is 50.3 cm³/mol. The number of amides is 1. The molecule has 0 aliphatic carbocycles. The van der Waals surface area contributed by atoms with Gasteiger partial charge in [0.05, 0.1) is 6.61 Å². The lowest BCUT2D eigenvalue weighted by Gasteiger charge is -2.25. The smallest absolute Gasteiger partial charge is 0.410 e. The molecule has 0 atom stereocenters. The van der Waals surface area contributed by atoms with E-state index >= 15 is 0 Å². The van der Waals surface area contributed by atoms with Crippen molar-refractivity contribution >= 4 is 6.09 Å². The number of ether oxygens (including phenoxy) is 1. The molecule has 4 heteroatoms. The molecular formula is C9H16N2O2. The Morgan fingerprint density at radius 3 is 3.00 bits per heavy atom. The van der Waals surface area contributed by atoms with E-state index in [4.69, 9.17) is 10.5 Å². The summed E-state index contributed by atoms with van der Waals surface area (Å²) in [6.07, 6.45) is 2.64. The lowest BCUT2D eigenvalue weighted by atomic mass is 10.1. The molecule has 1 rings (SSSR count). The summed E-state index contributed by atoms with van der Waals surface area (Å²) in [5, 5.41) is 0. The van der Waals surface area contributed by atoms with E-state index in [1.165, 1.54) is 5.57 Å². The Balaban J connectivity index is 2.40. The molecule has 0 bridgehead atoms. The van der Waals surface area contributed by atoms with Gasteiger partial charge in [0.25, 0.3) is 0 Å². The number of nitrogens with zero attached hydrogens (tertiary/aromatic N) is 1. The van der Waals surface area contributed by atoms with Crippen molar-refractivity contribution in [3.63, 3.8) is 0 Å². The van der Waals surface area contributed by atoms with Crippen LogP contribution in [0.15, 0.2) is 11.6 Å². The van der Waals surface area contributed by atoms with Crippen LogP contribution < -0.4 is 5.73 Å². The van der Waals surface area contributed by atoms with E-state index in [0.29, 0.717) is 19.7 Å². The zero-order chi connectivity index (χ0) is 9.68. The van der Waals surface area contributed by atoms with Gasteiger partial charge in [-0.2, -0.15) is 0 Å². The molecule has 1 amide bonds. The van der Waals surface area contributed by atoms with Crippen molar-refractivity contribution in [2.75, 3.05) is 26.2 Å². The first kappa shape index (κ1) is 10.1. The number of carbonyl (C=O) groups excluding carboxylic acids is 1. The maximum absolute atomic E-state index is 11.2. The Labute approximate surface area is 78.3 Å². The number of hydrogen-bond acceptors (Lipinski definition) is 3. The molecule has 74 valence electrons. The van der Waals surface area contributed by atoms with Crippen LogP contribution in [0.4, 0.5) is 4.79 Å². The van der Waals surface area contributed by atoms with Gasteiger partial charge in [-0.3, -0.25) is 0 Å². The van der Waals surface area contributed by atoms with Gasteiger partial charge in [0.2, 0.25) is 0 Å². The molecule has 4 nitrogen and oxygen atoms in total. The van der Waals surface area contributed by atoms with Gasteiger partial charge in [-0.1, -0.05) is 11.6 Å². The van der Waals surface area contributed by atoms with Crippen LogP contribution in [-0.4, -0.2) is 37.2 Å². The third-order valence-corrected chi connectivity index (χ3v) is 2.09. The van der Waals surface area contributed by atoms with E-state index in [9.17, 15) is 4.79 Å². The summed E-state index contributed by atoms with van der Waals surface area (Å²) in [7, 11) is 0. The average molecular weight is 184 g/mol. The topological polar surface area (TPSA) is 55.6 Å². The summed E-state index contributed by atoms with van der Waals surface area (Å²) in [6.45, 7) is 4.19. The van der Waals surface area contributed by atoms with Crippen molar-refractivity contribution in [1.82, 2.24) is 4.90 Å². The second kappa shape index (κ2) is 4.87. The lowest BCUT2D eigenvalue weighted by Crippen LogP contribution is -2.36. The molecule has 0 unspecified atom stereocenters. The molecule has 0 aromatic carbocycles. The largest absolute Gasteiger partial charge is 0.450 e. The fraction of sp³-hybridized carbons (Fsp3) is 0.667. The Bertz CT molecular complexity index is 214. The summed E-state index contributed by atoms with van der Waals surface area (Å²) in [4.78, 5) is 12.9. The first-order chi connectivity index (χ1) is 6.27. The molecule has 2 N–H and O–H groups in total. The third-order valence-electron chi connectivity index (χ3n) is 2.09. The van der Waals surface area contributed by atoms with Gasteiger partial charge in [0, 0.05) is 19.6 Å². The van der Waals surface area contributed by atoms with Gasteiger partial charge in [0.15, 0.2) is 0 Å². The maximum Gasteiger partial charge on any atom is 0.410 e. The van der Waals surface area contributed by atoms with Crippen molar-refractivity contribution in [1.29, 1.82) is 0 Å². The number of hydrogen-bond donors (Lipinski definition) is 1. The van der Waals surface area contributed by atoms with Crippen molar-refractivity contribution in [2.45, 2.75) is 13.3 Å². The van der Waals surface area contributed by atoms with Crippen LogP contribution in [0.1, 0.15) is 13.3 Å². The van der Waals surface area contributed by atoms with Crippen molar-refractivity contribution in [2.24, 2.45) is 5.73 Å². The van der Waals surface area contributed by atoms with Crippen molar-refractivity contribution in [3.8, 4) is 0 Å². The highest BCUT2D eigenvalue weighted by atomic mass is 16.6. The maximum atomic E-state index is 11.2. The predicted octanol–water partition coefficient (Wildman–Crippen LogP) is 0.734. The highest BCUT2D eigenvalue weighted by Gasteiger charge is 2.16. The molecule has 1 heterocycles. The first-order valence-corrected chi connectivity index (χ1v) is 4.57. The van der Waals surface area contributed by atoms with Crippen LogP contribution >= 0.6 is 0 Å². The zero-order valence-corrected chi connectivity index (χ0v) is 7.95. The van der Waals surface area contributed by atoms with Crippen molar-refractivity contribution in [3.05, 3.63) is 11.6 Å². The van der Waals surface area contributed by atoms with E-state index in [0.717, 1.165) is 13.0 Å². The summed E-state index contributed by atoms with van der Waals surface area (Å²) in [5.74, 6) is 0. The van der Waals surface area contributed by atoms with Crippen molar-refractivity contribution < 1.29 is 9.53 Å². The zero-order valence-electron chi connectivity index (χ0n) is 7.95. The molecule has 0 spiro atoms. The Morgan fingerprint density at radius 2 is 2.54 bits per heavy atom. The summed E-state index contributed by atoms with van der Waals surface area (Å²) in [6, 6.07) is 0. The van der Waals surface area contributed by atoms with Crippen LogP contribution in [0.3, 0.4) is 0 Å². The first-order valence-electron chi connectivity index (χ1n) is 4.57. The summed E-state index contributed by atoms with van der Waals surface area (Å²) in [5.41, 5.74) is 6.70. The Morgan fingerprint density at radius 1 is 1.77 bits per heavy atom. The van der Waals surface area contributed by atoms with Crippen LogP contribution in [-0.2, 0) is 4.74 Å². The molecule has 0 aromatic rings. The van der Waals surface area contributed by atoms with Gasteiger partial charge in [-0.25, -0.2) is 4.79 Å². The molecule has 0 fully saturated rings. The molecule has 13 heavy (non-hydrogen) atoms. The average Bonchev–Trinajstić information content (AvgIpc) is 2.18. The molecule has 0 radical (unpaired) electrons. The van der Waals surface area contributed by atoms with Crippen LogP contribution in [0.5, 0.6) is 0 Å². The van der Waals surface area contributed by atoms with Gasteiger partial charge in [0.1, 0.15) is 0 Å². The molecule has 0 aromatic heterocycles. The molecule has 0 saturated carbocycles. The van der Waals surface area contributed by atoms with E-state index in [-0.39, 0.29) is 6.09 Å². The number of carbonyl (C=O) groups is 1. The molecule has 1 aliphatic rings. The monoisotopic (exact) mass is 184 g/mol. The van der Waals surface area contributed by atoms with Crippen LogP contribution in [0, 0.1) is 0 Å². The normalized spacial score (nSPS) is 16.8. The van der Waals surface area contributed by atoms with Gasteiger partial charge in [-0.15, -0.1) is 0 Å². The van der Waals surface area contributed by atoms with E-state index in [1.807, 2.05) is 13.0 Å². The quantitative estimate of drug-likeness (QED) is 0.644. The molecule has 1 aliphatic heterocycles. The minimum Gasteiger partial charge on any atom is -0.450 e. The van der Waals surface area contributed by atoms with E-state index < -0.39 is 0 Å². The van der Waals surface area contributed by atoms with Gasteiger partial charge < -0.3 is 15.4 Å². The van der Waals surface area contributed by atoms with Crippen LogP contribution in [0.2, 0.25) is 0 Å². The van der Waals surface area contributed by atoms with E-state index in [2.05, 4.69) is 0 Å². The van der Waals surface area contributed by atoms with Gasteiger partial charge in [-0.05, 0) is 13.3 Å². The summed E-state index contributed by atoms with van der Waals surface area (Å²) >= 11 is 0. The Hall–Kier alpha value is -1.03. The Kier molecular flexibility index (Phi) is 3.76. The molecule has 0 saturated heterocycles. The number of nitrogens with two attached hydrogens (primary N) is 1. The minimum atomic E-state index is -0.227. The lowest BCUT2D eigenvalue weighted by molar-refractivity contribution is 0.110.